The molecule has 1 aromatic carbocycles. The van der Waals surface area contributed by atoms with Crippen molar-refractivity contribution in [2.75, 3.05) is 5.75 Å². The Hall–Kier alpha value is -2.45. The molecule has 0 aliphatic heterocycles. The molecule has 8 heteroatoms. The second-order valence-corrected chi connectivity index (χ2v) is 9.00. The number of nitrogens with zero attached hydrogens (tertiary/aromatic N) is 4. The molecule has 28 heavy (non-hydrogen) atoms. The van der Waals surface area contributed by atoms with Gasteiger partial charge in [0.1, 0.15) is 10.7 Å². The number of fused-ring (bicyclic) bond motifs is 5. The van der Waals surface area contributed by atoms with Crippen molar-refractivity contribution in [2.45, 2.75) is 37.3 Å². The van der Waals surface area contributed by atoms with Crippen LogP contribution in [-0.4, -0.2) is 31.2 Å². The third-order valence-corrected chi connectivity index (χ3v) is 7.18. The van der Waals surface area contributed by atoms with Crippen LogP contribution in [0.3, 0.4) is 0 Å². The maximum absolute atomic E-state index is 11.3. The molecule has 0 saturated heterocycles. The monoisotopic (exact) mass is 409 g/mol. The molecule has 0 fully saturated rings. The van der Waals surface area contributed by atoms with Gasteiger partial charge in [-0.1, -0.05) is 42.1 Å². The maximum atomic E-state index is 11.3. The van der Waals surface area contributed by atoms with E-state index >= 15 is 0 Å². The van der Waals surface area contributed by atoms with Gasteiger partial charge in [-0.3, -0.25) is 9.20 Å². The van der Waals surface area contributed by atoms with Crippen LogP contribution in [0.4, 0.5) is 0 Å². The highest BCUT2D eigenvalue weighted by Gasteiger charge is 2.23. The van der Waals surface area contributed by atoms with Gasteiger partial charge in [0, 0.05) is 11.3 Å². The molecule has 5 rings (SSSR count). The van der Waals surface area contributed by atoms with Gasteiger partial charge in [0.25, 0.3) is 0 Å². The number of amides is 1. The molecule has 2 N–H and O–H groups in total. The minimum atomic E-state index is -0.367. The van der Waals surface area contributed by atoms with E-state index in [1.54, 1.807) is 11.3 Å². The van der Waals surface area contributed by atoms with E-state index in [0.717, 1.165) is 34.5 Å². The van der Waals surface area contributed by atoms with E-state index in [0.29, 0.717) is 11.6 Å². The number of hydrogen-bond donors (Lipinski definition) is 1. The van der Waals surface area contributed by atoms with Gasteiger partial charge in [-0.05, 0) is 36.8 Å². The first-order valence-corrected chi connectivity index (χ1v) is 11.1. The fraction of sp³-hybridized carbons (Fsp3) is 0.300. The molecule has 0 bridgehead atoms. The molecule has 1 amide bonds. The molecule has 4 aromatic rings. The maximum Gasteiger partial charge on any atom is 0.227 e. The standard InChI is InChI=1S/C20H19N5OS2/c21-15(26)11-27-20-24-23-18-17-13-8-4-5-9-14(13)28-19(17)22-16(25(18)20)10-12-6-2-1-3-7-12/h1-3,6-7H,4-5,8-11H2,(H2,21,26). The van der Waals surface area contributed by atoms with Gasteiger partial charge in [-0.15, -0.1) is 21.5 Å². The van der Waals surface area contributed by atoms with E-state index in [1.807, 2.05) is 22.6 Å². The Bertz CT molecular complexity index is 1180. The number of thiophene rings is 1. The summed E-state index contributed by atoms with van der Waals surface area (Å²) in [5.41, 5.74) is 8.76. The highest BCUT2D eigenvalue weighted by molar-refractivity contribution is 7.99. The van der Waals surface area contributed by atoms with E-state index in [4.69, 9.17) is 10.7 Å². The fourth-order valence-corrected chi connectivity index (χ4v) is 5.78. The smallest absolute Gasteiger partial charge is 0.227 e. The Kier molecular flexibility index (Phi) is 4.52. The molecule has 0 unspecified atom stereocenters. The molecular weight excluding hydrogens is 390 g/mol. The number of rotatable bonds is 5. The Morgan fingerprint density at radius 2 is 2.00 bits per heavy atom. The topological polar surface area (TPSA) is 86.2 Å². The van der Waals surface area contributed by atoms with Gasteiger partial charge in [-0.25, -0.2) is 4.98 Å². The Balaban J connectivity index is 1.72. The molecule has 3 aromatic heterocycles. The minimum Gasteiger partial charge on any atom is -0.369 e. The molecule has 1 aliphatic carbocycles. The molecule has 142 valence electrons. The summed E-state index contributed by atoms with van der Waals surface area (Å²) >= 11 is 3.11. The van der Waals surface area contributed by atoms with Crippen LogP contribution in [0.15, 0.2) is 35.5 Å². The van der Waals surface area contributed by atoms with Gasteiger partial charge in [0.2, 0.25) is 5.91 Å². The number of carbonyl (C=O) groups excluding carboxylic acids is 1. The summed E-state index contributed by atoms with van der Waals surface area (Å²) in [6, 6.07) is 10.3. The molecule has 0 saturated carbocycles. The van der Waals surface area contributed by atoms with Gasteiger partial charge in [0.15, 0.2) is 10.8 Å². The van der Waals surface area contributed by atoms with Crippen LogP contribution in [0, 0.1) is 0 Å². The lowest BCUT2D eigenvalue weighted by Crippen LogP contribution is -2.13. The first kappa shape index (κ1) is 17.6. The number of aryl methyl sites for hydroxylation is 2. The van der Waals surface area contributed by atoms with E-state index in [2.05, 4.69) is 22.3 Å². The van der Waals surface area contributed by atoms with Crippen molar-refractivity contribution in [3.63, 3.8) is 0 Å². The van der Waals surface area contributed by atoms with Crippen molar-refractivity contribution < 1.29 is 4.79 Å². The molecule has 1 aliphatic rings. The van der Waals surface area contributed by atoms with Crippen LogP contribution in [0.1, 0.15) is 34.7 Å². The second-order valence-electron chi connectivity index (χ2n) is 6.98. The van der Waals surface area contributed by atoms with Crippen molar-refractivity contribution in [1.82, 2.24) is 19.6 Å². The molecule has 3 heterocycles. The average molecular weight is 410 g/mol. The largest absolute Gasteiger partial charge is 0.369 e. The Labute approximate surface area is 170 Å². The van der Waals surface area contributed by atoms with Crippen molar-refractivity contribution in [3.05, 3.63) is 52.2 Å². The van der Waals surface area contributed by atoms with Crippen LogP contribution in [0.25, 0.3) is 15.9 Å². The average Bonchev–Trinajstić information content (AvgIpc) is 3.28. The number of nitrogens with two attached hydrogens (primary N) is 1. The third-order valence-electron chi connectivity index (χ3n) is 5.05. The van der Waals surface area contributed by atoms with Gasteiger partial charge < -0.3 is 5.73 Å². The van der Waals surface area contributed by atoms with Crippen molar-refractivity contribution >= 4 is 44.9 Å². The highest BCUT2D eigenvalue weighted by Crippen LogP contribution is 2.38. The molecule has 0 radical (unpaired) electrons. The lowest BCUT2D eigenvalue weighted by molar-refractivity contribution is -0.115. The fourth-order valence-electron chi connectivity index (χ4n) is 3.82. The number of hydrogen-bond acceptors (Lipinski definition) is 6. The predicted octanol–water partition coefficient (Wildman–Crippen LogP) is 3.39. The minimum absolute atomic E-state index is 0.172. The summed E-state index contributed by atoms with van der Waals surface area (Å²) < 4.78 is 2.02. The number of primary amides is 1. The summed E-state index contributed by atoms with van der Waals surface area (Å²) in [7, 11) is 0. The third kappa shape index (κ3) is 3.06. The predicted molar refractivity (Wildman–Crippen MR) is 112 cm³/mol. The van der Waals surface area contributed by atoms with E-state index < -0.39 is 0 Å². The molecule has 6 nitrogen and oxygen atoms in total. The lowest BCUT2D eigenvalue weighted by Gasteiger charge is -2.11. The Morgan fingerprint density at radius 1 is 1.18 bits per heavy atom. The molecule has 0 atom stereocenters. The second kappa shape index (κ2) is 7.18. The molecule has 0 spiro atoms. The summed E-state index contributed by atoms with van der Waals surface area (Å²) in [6.07, 6.45) is 5.31. The zero-order chi connectivity index (χ0) is 19.1. The summed E-state index contributed by atoms with van der Waals surface area (Å²) in [4.78, 5) is 18.8. The van der Waals surface area contributed by atoms with E-state index in [-0.39, 0.29) is 11.7 Å². The summed E-state index contributed by atoms with van der Waals surface area (Å²) in [6.45, 7) is 0. The van der Waals surface area contributed by atoms with Crippen LogP contribution >= 0.6 is 23.1 Å². The van der Waals surface area contributed by atoms with Crippen LogP contribution in [0.5, 0.6) is 0 Å². The van der Waals surface area contributed by atoms with Crippen molar-refractivity contribution in [1.29, 1.82) is 0 Å². The zero-order valence-corrected chi connectivity index (χ0v) is 16.9. The highest BCUT2D eigenvalue weighted by atomic mass is 32.2. The van der Waals surface area contributed by atoms with Crippen LogP contribution in [-0.2, 0) is 24.1 Å². The number of aromatic nitrogens is 4. The van der Waals surface area contributed by atoms with Crippen molar-refractivity contribution in [2.24, 2.45) is 5.73 Å². The number of thioether (sulfide) groups is 1. The first-order chi connectivity index (χ1) is 13.7. The van der Waals surface area contributed by atoms with Gasteiger partial charge >= 0.3 is 0 Å². The summed E-state index contributed by atoms with van der Waals surface area (Å²) in [5.74, 6) is 0.698. The van der Waals surface area contributed by atoms with E-state index in [1.165, 1.54) is 40.6 Å². The lowest BCUT2D eigenvalue weighted by atomic mass is 9.97. The van der Waals surface area contributed by atoms with Crippen LogP contribution in [0.2, 0.25) is 0 Å². The number of benzene rings is 1. The zero-order valence-electron chi connectivity index (χ0n) is 15.2. The quantitative estimate of drug-likeness (QED) is 0.511. The Morgan fingerprint density at radius 3 is 2.82 bits per heavy atom. The van der Waals surface area contributed by atoms with Gasteiger partial charge in [-0.2, -0.15) is 0 Å². The van der Waals surface area contributed by atoms with Crippen molar-refractivity contribution in [3.8, 4) is 0 Å². The first-order valence-electron chi connectivity index (χ1n) is 9.34. The number of carbonyl (C=O) groups is 1. The normalized spacial score (nSPS) is 13.9. The summed E-state index contributed by atoms with van der Waals surface area (Å²) in [5, 5.41) is 10.7. The van der Waals surface area contributed by atoms with Gasteiger partial charge in [0.05, 0.1) is 11.1 Å². The molecular formula is C20H19N5OS2. The van der Waals surface area contributed by atoms with Crippen LogP contribution < -0.4 is 5.73 Å². The SMILES string of the molecule is NC(=O)CSc1nnc2c3c4c(sc3nc(Cc3ccccc3)n12)CCCC4. The van der Waals surface area contributed by atoms with E-state index in [9.17, 15) is 4.79 Å².